The van der Waals surface area contributed by atoms with Crippen LogP contribution in [0.1, 0.15) is 22.3 Å². The second-order valence-electron chi connectivity index (χ2n) is 6.68. The fourth-order valence-corrected chi connectivity index (χ4v) is 3.73. The molecule has 6 heteroatoms. The molecule has 0 saturated carbocycles. The highest BCUT2D eigenvalue weighted by Gasteiger charge is 2.23. The normalized spacial score (nSPS) is 16.9. The summed E-state index contributed by atoms with van der Waals surface area (Å²) in [5.74, 6) is 0.110. The van der Waals surface area contributed by atoms with Crippen molar-refractivity contribution < 1.29 is 9.59 Å². The van der Waals surface area contributed by atoms with Gasteiger partial charge in [0, 0.05) is 54.6 Å². The van der Waals surface area contributed by atoms with Crippen molar-refractivity contribution in [3.8, 4) is 0 Å². The summed E-state index contributed by atoms with van der Waals surface area (Å²) in [5, 5.41) is 3.49. The number of fused-ring (bicyclic) bond motifs is 1. The summed E-state index contributed by atoms with van der Waals surface area (Å²) in [6, 6.07) is 13.3. The van der Waals surface area contributed by atoms with Gasteiger partial charge in [-0.15, -0.1) is 0 Å². The summed E-state index contributed by atoms with van der Waals surface area (Å²) in [6.45, 7) is 2.94. The van der Waals surface area contributed by atoms with E-state index < -0.39 is 0 Å². The van der Waals surface area contributed by atoms with Crippen LogP contribution in [0.15, 0.2) is 42.5 Å². The number of nitrogens with one attached hydrogen (secondary N) is 1. The molecule has 5 nitrogen and oxygen atoms in total. The Labute approximate surface area is 157 Å². The standard InChI is InChI=1S/C20H20ClN3O2/c21-16-3-1-2-15(12-16)20(26)24-10-8-23(9-11-24)17-5-6-18-14(13-17)4-7-19(25)22-18/h1-3,5-6,12-13H,4,7-11H2,(H,22,25). The lowest BCUT2D eigenvalue weighted by Gasteiger charge is -2.36. The molecule has 4 rings (SSSR count). The molecule has 2 aliphatic heterocycles. The molecule has 134 valence electrons. The van der Waals surface area contributed by atoms with Crippen molar-refractivity contribution in [2.24, 2.45) is 0 Å². The molecule has 0 radical (unpaired) electrons. The van der Waals surface area contributed by atoms with E-state index in [2.05, 4.69) is 16.3 Å². The van der Waals surface area contributed by atoms with Crippen LogP contribution in [0, 0.1) is 0 Å². The monoisotopic (exact) mass is 369 g/mol. The Morgan fingerprint density at radius 3 is 2.58 bits per heavy atom. The topological polar surface area (TPSA) is 52.7 Å². The number of carbonyl (C=O) groups excluding carboxylic acids is 2. The van der Waals surface area contributed by atoms with Gasteiger partial charge >= 0.3 is 0 Å². The van der Waals surface area contributed by atoms with Crippen LogP contribution in [-0.4, -0.2) is 42.9 Å². The SMILES string of the molecule is O=C1CCc2cc(N3CCN(C(=O)c4cccc(Cl)c4)CC3)ccc2N1. The summed E-state index contributed by atoms with van der Waals surface area (Å²) in [6.07, 6.45) is 1.32. The van der Waals surface area contributed by atoms with E-state index in [0.29, 0.717) is 30.1 Å². The van der Waals surface area contributed by atoms with Crippen molar-refractivity contribution >= 4 is 34.8 Å². The molecule has 0 bridgehead atoms. The van der Waals surface area contributed by atoms with Crippen LogP contribution in [0.5, 0.6) is 0 Å². The van der Waals surface area contributed by atoms with Crippen LogP contribution in [0.3, 0.4) is 0 Å². The van der Waals surface area contributed by atoms with E-state index in [1.165, 1.54) is 5.56 Å². The minimum absolute atomic E-state index is 0.0281. The van der Waals surface area contributed by atoms with Crippen LogP contribution in [0.4, 0.5) is 11.4 Å². The van der Waals surface area contributed by atoms with E-state index in [-0.39, 0.29) is 11.8 Å². The van der Waals surface area contributed by atoms with Crippen molar-refractivity contribution in [2.45, 2.75) is 12.8 Å². The number of hydrogen-bond donors (Lipinski definition) is 1. The molecule has 1 fully saturated rings. The quantitative estimate of drug-likeness (QED) is 0.884. The molecule has 2 aromatic rings. The van der Waals surface area contributed by atoms with Gasteiger partial charge in [0.25, 0.3) is 5.91 Å². The number of anilines is 2. The van der Waals surface area contributed by atoms with Gasteiger partial charge in [-0.2, -0.15) is 0 Å². The number of halogens is 1. The maximum Gasteiger partial charge on any atom is 0.254 e. The Hall–Kier alpha value is -2.53. The molecule has 2 aromatic carbocycles. The number of amides is 2. The molecule has 26 heavy (non-hydrogen) atoms. The highest BCUT2D eigenvalue weighted by molar-refractivity contribution is 6.30. The Morgan fingerprint density at radius 1 is 1.00 bits per heavy atom. The lowest BCUT2D eigenvalue weighted by molar-refractivity contribution is -0.116. The number of benzene rings is 2. The number of rotatable bonds is 2. The third-order valence-corrected chi connectivity index (χ3v) is 5.22. The molecule has 1 saturated heterocycles. The van der Waals surface area contributed by atoms with Gasteiger partial charge in [-0.25, -0.2) is 0 Å². The Bertz CT molecular complexity index is 860. The van der Waals surface area contributed by atoms with Crippen molar-refractivity contribution in [1.82, 2.24) is 4.90 Å². The summed E-state index contributed by atoms with van der Waals surface area (Å²) >= 11 is 5.99. The number of aryl methyl sites for hydroxylation is 1. The number of piperazine rings is 1. The number of hydrogen-bond acceptors (Lipinski definition) is 3. The minimum atomic E-state index is 0.0281. The Balaban J connectivity index is 1.42. The van der Waals surface area contributed by atoms with E-state index in [4.69, 9.17) is 11.6 Å². The van der Waals surface area contributed by atoms with E-state index in [0.717, 1.165) is 30.9 Å². The van der Waals surface area contributed by atoms with Gasteiger partial charge in [0.1, 0.15) is 0 Å². The second kappa shape index (κ2) is 7.00. The lowest BCUT2D eigenvalue weighted by atomic mass is 10.0. The van der Waals surface area contributed by atoms with E-state index in [1.807, 2.05) is 17.0 Å². The van der Waals surface area contributed by atoms with Gasteiger partial charge in [-0.1, -0.05) is 17.7 Å². The molecule has 2 aliphatic rings. The predicted molar refractivity (Wildman–Crippen MR) is 103 cm³/mol. The fourth-order valence-electron chi connectivity index (χ4n) is 3.54. The van der Waals surface area contributed by atoms with Gasteiger partial charge in [0.2, 0.25) is 5.91 Å². The first-order chi connectivity index (χ1) is 12.6. The summed E-state index contributed by atoms with van der Waals surface area (Å²) in [5.41, 5.74) is 3.88. The molecule has 0 unspecified atom stereocenters. The number of nitrogens with zero attached hydrogens (tertiary/aromatic N) is 2. The highest BCUT2D eigenvalue weighted by Crippen LogP contribution is 2.28. The molecular weight excluding hydrogens is 350 g/mol. The molecule has 2 heterocycles. The van der Waals surface area contributed by atoms with Gasteiger partial charge in [0.05, 0.1) is 0 Å². The largest absolute Gasteiger partial charge is 0.368 e. The third kappa shape index (κ3) is 3.40. The van der Waals surface area contributed by atoms with Crippen LogP contribution < -0.4 is 10.2 Å². The van der Waals surface area contributed by atoms with Crippen LogP contribution in [0.25, 0.3) is 0 Å². The van der Waals surface area contributed by atoms with Gasteiger partial charge < -0.3 is 15.1 Å². The molecule has 0 atom stereocenters. The average Bonchev–Trinajstić information content (AvgIpc) is 2.67. The molecule has 0 aromatic heterocycles. The first-order valence-corrected chi connectivity index (χ1v) is 9.20. The average molecular weight is 370 g/mol. The summed E-state index contributed by atoms with van der Waals surface area (Å²) < 4.78 is 0. The zero-order chi connectivity index (χ0) is 18.1. The zero-order valence-electron chi connectivity index (χ0n) is 14.4. The summed E-state index contributed by atoms with van der Waals surface area (Å²) in [7, 11) is 0. The maximum absolute atomic E-state index is 12.6. The predicted octanol–water partition coefficient (Wildman–Crippen LogP) is 3.19. The fraction of sp³-hybridized carbons (Fsp3) is 0.300. The van der Waals surface area contributed by atoms with Crippen molar-refractivity contribution in [1.29, 1.82) is 0 Å². The lowest BCUT2D eigenvalue weighted by Crippen LogP contribution is -2.48. The third-order valence-electron chi connectivity index (χ3n) is 4.99. The van der Waals surface area contributed by atoms with Crippen molar-refractivity contribution in [2.75, 3.05) is 36.4 Å². The Kier molecular flexibility index (Phi) is 4.55. The van der Waals surface area contributed by atoms with E-state index in [1.54, 1.807) is 24.3 Å². The van der Waals surface area contributed by atoms with Crippen molar-refractivity contribution in [3.05, 3.63) is 58.6 Å². The van der Waals surface area contributed by atoms with Gasteiger partial charge in [0.15, 0.2) is 0 Å². The first kappa shape index (κ1) is 16.9. The number of carbonyl (C=O) groups is 2. The molecule has 1 N–H and O–H groups in total. The van der Waals surface area contributed by atoms with Crippen LogP contribution in [-0.2, 0) is 11.2 Å². The van der Waals surface area contributed by atoms with Gasteiger partial charge in [-0.3, -0.25) is 9.59 Å². The summed E-state index contributed by atoms with van der Waals surface area (Å²) in [4.78, 5) is 28.3. The smallest absolute Gasteiger partial charge is 0.254 e. The second-order valence-corrected chi connectivity index (χ2v) is 7.12. The molecular formula is C20H20ClN3O2. The minimum Gasteiger partial charge on any atom is -0.368 e. The van der Waals surface area contributed by atoms with E-state index >= 15 is 0 Å². The van der Waals surface area contributed by atoms with Crippen molar-refractivity contribution in [3.63, 3.8) is 0 Å². The van der Waals surface area contributed by atoms with Crippen LogP contribution >= 0.6 is 11.6 Å². The highest BCUT2D eigenvalue weighted by atomic mass is 35.5. The first-order valence-electron chi connectivity index (χ1n) is 8.83. The van der Waals surface area contributed by atoms with E-state index in [9.17, 15) is 9.59 Å². The molecule has 0 spiro atoms. The molecule has 0 aliphatic carbocycles. The Morgan fingerprint density at radius 2 is 1.81 bits per heavy atom. The van der Waals surface area contributed by atoms with Gasteiger partial charge in [-0.05, 0) is 48.4 Å². The zero-order valence-corrected chi connectivity index (χ0v) is 15.1. The molecule has 2 amide bonds. The van der Waals surface area contributed by atoms with Crippen LogP contribution in [0.2, 0.25) is 5.02 Å². The maximum atomic E-state index is 12.6.